The molecule has 1 aromatic rings. The highest BCUT2D eigenvalue weighted by Gasteiger charge is 2.30. The van der Waals surface area contributed by atoms with E-state index in [1.165, 1.54) is 50.5 Å². The number of hydrogen-bond acceptors (Lipinski definition) is 3. The standard InChI is InChI=1S/C28H46N2O3/c1-7-8-9-10-11-12-13-14-17-30-18-15-16-22-20(2)23(19-24(31)32)21(3)25(26(22)30)29-27(33)28(4,5)6/h7-19H2,1-6H3,(H,29,33)(H,31,32). The molecule has 1 aromatic carbocycles. The van der Waals surface area contributed by atoms with Crippen LogP contribution in [0.4, 0.5) is 11.4 Å². The monoisotopic (exact) mass is 458 g/mol. The van der Waals surface area contributed by atoms with E-state index in [1.54, 1.807) is 0 Å². The van der Waals surface area contributed by atoms with Gasteiger partial charge in [-0.25, -0.2) is 0 Å². The zero-order chi connectivity index (χ0) is 24.6. The molecule has 0 saturated carbocycles. The quantitative estimate of drug-likeness (QED) is 0.338. The number of nitrogens with one attached hydrogen (secondary N) is 1. The number of rotatable bonds is 12. The van der Waals surface area contributed by atoms with Gasteiger partial charge < -0.3 is 15.3 Å². The van der Waals surface area contributed by atoms with Crippen LogP contribution < -0.4 is 10.2 Å². The van der Waals surface area contributed by atoms with Crippen molar-refractivity contribution in [1.82, 2.24) is 0 Å². The maximum Gasteiger partial charge on any atom is 0.307 e. The van der Waals surface area contributed by atoms with Crippen LogP contribution in [0.25, 0.3) is 0 Å². The van der Waals surface area contributed by atoms with E-state index in [4.69, 9.17) is 0 Å². The van der Waals surface area contributed by atoms with E-state index in [0.29, 0.717) is 0 Å². The first kappa shape index (κ1) is 27.2. The smallest absolute Gasteiger partial charge is 0.307 e. The molecule has 0 unspecified atom stereocenters. The summed E-state index contributed by atoms with van der Waals surface area (Å²) < 4.78 is 0. The van der Waals surface area contributed by atoms with E-state index >= 15 is 0 Å². The summed E-state index contributed by atoms with van der Waals surface area (Å²) in [5, 5.41) is 12.7. The molecule has 186 valence electrons. The number of hydrogen-bond donors (Lipinski definition) is 2. The SMILES string of the molecule is CCCCCCCCCCN1CCCc2c(C)c(CC(=O)O)c(C)c(NC(=O)C(C)(C)C)c21. The van der Waals surface area contributed by atoms with Gasteiger partial charge in [0.25, 0.3) is 0 Å². The van der Waals surface area contributed by atoms with Gasteiger partial charge in [0, 0.05) is 18.5 Å². The highest BCUT2D eigenvalue weighted by atomic mass is 16.4. The van der Waals surface area contributed by atoms with Gasteiger partial charge in [-0.05, 0) is 55.4 Å². The van der Waals surface area contributed by atoms with Gasteiger partial charge in [-0.15, -0.1) is 0 Å². The van der Waals surface area contributed by atoms with Crippen LogP contribution in [0.15, 0.2) is 0 Å². The molecule has 0 aromatic heterocycles. The topological polar surface area (TPSA) is 69.6 Å². The van der Waals surface area contributed by atoms with Gasteiger partial charge in [-0.3, -0.25) is 9.59 Å². The normalized spacial score (nSPS) is 13.7. The van der Waals surface area contributed by atoms with Crippen LogP contribution in [-0.4, -0.2) is 30.1 Å². The van der Waals surface area contributed by atoms with Crippen molar-refractivity contribution in [1.29, 1.82) is 0 Å². The molecule has 1 amide bonds. The predicted molar refractivity (Wildman–Crippen MR) is 138 cm³/mol. The van der Waals surface area contributed by atoms with E-state index in [1.807, 2.05) is 27.7 Å². The third-order valence-corrected chi connectivity index (χ3v) is 6.96. The molecule has 5 heteroatoms. The van der Waals surface area contributed by atoms with Crippen LogP contribution in [-0.2, 0) is 22.4 Å². The van der Waals surface area contributed by atoms with Gasteiger partial charge in [0.15, 0.2) is 0 Å². The lowest BCUT2D eigenvalue weighted by molar-refractivity contribution is -0.136. The van der Waals surface area contributed by atoms with Crippen molar-refractivity contribution in [3.05, 3.63) is 22.3 Å². The number of carbonyl (C=O) groups excluding carboxylic acids is 1. The van der Waals surface area contributed by atoms with E-state index in [2.05, 4.69) is 24.1 Å². The Bertz CT molecular complexity index is 824. The molecule has 5 nitrogen and oxygen atoms in total. The van der Waals surface area contributed by atoms with Crippen LogP contribution in [0.5, 0.6) is 0 Å². The summed E-state index contributed by atoms with van der Waals surface area (Å²) in [4.78, 5) is 27.0. The summed E-state index contributed by atoms with van der Waals surface area (Å²) >= 11 is 0. The summed E-state index contributed by atoms with van der Waals surface area (Å²) in [6, 6.07) is 0. The molecule has 1 aliphatic heterocycles. The highest BCUT2D eigenvalue weighted by Crippen LogP contribution is 2.42. The van der Waals surface area contributed by atoms with Crippen molar-refractivity contribution in [3.8, 4) is 0 Å². The summed E-state index contributed by atoms with van der Waals surface area (Å²) in [5.74, 6) is -0.864. The number of aliphatic carboxylic acids is 1. The molecule has 0 atom stereocenters. The third kappa shape index (κ3) is 7.48. The maximum atomic E-state index is 13.0. The van der Waals surface area contributed by atoms with E-state index in [-0.39, 0.29) is 12.3 Å². The fourth-order valence-electron chi connectivity index (χ4n) is 4.86. The fourth-order valence-corrected chi connectivity index (χ4v) is 4.86. The molecule has 0 fully saturated rings. The van der Waals surface area contributed by atoms with E-state index in [0.717, 1.165) is 60.4 Å². The summed E-state index contributed by atoms with van der Waals surface area (Å²) in [6.07, 6.45) is 12.3. The number of nitrogens with zero attached hydrogens (tertiary/aromatic N) is 1. The first-order valence-electron chi connectivity index (χ1n) is 13.0. The second kappa shape index (κ2) is 12.4. The van der Waals surface area contributed by atoms with Gasteiger partial charge in [0.05, 0.1) is 17.8 Å². The molecule has 0 radical (unpaired) electrons. The predicted octanol–water partition coefficient (Wildman–Crippen LogP) is 6.81. The van der Waals surface area contributed by atoms with Gasteiger partial charge >= 0.3 is 5.97 Å². The molecule has 1 aliphatic rings. The number of carboxylic acid groups (broad SMARTS) is 1. The Balaban J connectivity index is 2.27. The summed E-state index contributed by atoms with van der Waals surface area (Å²) in [7, 11) is 0. The molecular weight excluding hydrogens is 412 g/mol. The number of carboxylic acids is 1. The minimum Gasteiger partial charge on any atom is -0.481 e. The van der Waals surface area contributed by atoms with Crippen LogP contribution >= 0.6 is 0 Å². The van der Waals surface area contributed by atoms with Crippen LogP contribution in [0, 0.1) is 19.3 Å². The Labute approximate surface area is 201 Å². The Morgan fingerprint density at radius 3 is 2.15 bits per heavy atom. The Morgan fingerprint density at radius 1 is 0.970 bits per heavy atom. The molecule has 33 heavy (non-hydrogen) atoms. The Morgan fingerprint density at radius 2 is 1.58 bits per heavy atom. The van der Waals surface area contributed by atoms with Gasteiger partial charge in [-0.1, -0.05) is 72.6 Å². The average Bonchev–Trinajstić information content (AvgIpc) is 2.75. The third-order valence-electron chi connectivity index (χ3n) is 6.96. The lowest BCUT2D eigenvalue weighted by atomic mass is 9.86. The zero-order valence-corrected chi connectivity index (χ0v) is 21.9. The molecule has 1 heterocycles. The average molecular weight is 459 g/mol. The largest absolute Gasteiger partial charge is 0.481 e. The number of amides is 1. The van der Waals surface area contributed by atoms with Crippen LogP contribution in [0.2, 0.25) is 0 Å². The lowest BCUT2D eigenvalue weighted by Crippen LogP contribution is -2.34. The van der Waals surface area contributed by atoms with Crippen molar-refractivity contribution in [2.24, 2.45) is 5.41 Å². The van der Waals surface area contributed by atoms with Crippen molar-refractivity contribution in [3.63, 3.8) is 0 Å². The molecule has 0 aliphatic carbocycles. The molecular formula is C28H46N2O3. The molecule has 0 bridgehead atoms. The molecule has 0 spiro atoms. The van der Waals surface area contributed by atoms with Crippen molar-refractivity contribution in [2.75, 3.05) is 23.3 Å². The number of carbonyl (C=O) groups is 2. The van der Waals surface area contributed by atoms with Crippen LogP contribution in [0.3, 0.4) is 0 Å². The Hall–Kier alpha value is -2.04. The second-order valence-corrected chi connectivity index (χ2v) is 10.8. The van der Waals surface area contributed by atoms with E-state index in [9.17, 15) is 14.7 Å². The molecule has 0 saturated heterocycles. The first-order valence-corrected chi connectivity index (χ1v) is 13.0. The number of unbranched alkanes of at least 4 members (excludes halogenated alkanes) is 7. The fraction of sp³-hybridized carbons (Fsp3) is 0.714. The minimum absolute atomic E-state index is 0.0125. The number of fused-ring (bicyclic) bond motifs is 1. The Kier molecular flexibility index (Phi) is 10.2. The molecule has 2 N–H and O–H groups in total. The first-order chi connectivity index (χ1) is 15.6. The second-order valence-electron chi connectivity index (χ2n) is 10.8. The van der Waals surface area contributed by atoms with Crippen molar-refractivity contribution in [2.45, 2.75) is 112 Å². The van der Waals surface area contributed by atoms with Gasteiger partial charge in [-0.2, -0.15) is 0 Å². The van der Waals surface area contributed by atoms with Crippen molar-refractivity contribution < 1.29 is 14.7 Å². The zero-order valence-electron chi connectivity index (χ0n) is 21.9. The van der Waals surface area contributed by atoms with Crippen molar-refractivity contribution >= 4 is 23.3 Å². The van der Waals surface area contributed by atoms with Gasteiger partial charge in [0.2, 0.25) is 5.91 Å². The van der Waals surface area contributed by atoms with Crippen LogP contribution in [0.1, 0.15) is 108 Å². The minimum atomic E-state index is -0.833. The van der Waals surface area contributed by atoms with E-state index < -0.39 is 11.4 Å². The van der Waals surface area contributed by atoms with Gasteiger partial charge in [0.1, 0.15) is 0 Å². The molecule has 2 rings (SSSR count). The summed E-state index contributed by atoms with van der Waals surface area (Å²) in [6.45, 7) is 14.0. The highest BCUT2D eigenvalue weighted by molar-refractivity contribution is 6.00. The number of benzene rings is 1. The lowest BCUT2D eigenvalue weighted by Gasteiger charge is -2.37. The maximum absolute atomic E-state index is 13.0. The summed E-state index contributed by atoms with van der Waals surface area (Å²) in [5.41, 5.74) is 5.48. The number of anilines is 2.